The summed E-state index contributed by atoms with van der Waals surface area (Å²) in [5.74, 6) is 1.05. The molecular weight excluding hydrogens is 214 g/mol. The molecule has 0 bridgehead atoms. The molecule has 0 saturated heterocycles. The molecule has 17 heavy (non-hydrogen) atoms. The van der Waals surface area contributed by atoms with Crippen LogP contribution < -0.4 is 5.32 Å². The molecule has 0 atom stereocenters. The molecular formula is C14H21NO2. The van der Waals surface area contributed by atoms with E-state index in [1.807, 2.05) is 19.2 Å². The summed E-state index contributed by atoms with van der Waals surface area (Å²) in [6, 6.07) is 3.70. The normalized spacial score (nSPS) is 19.1. The van der Waals surface area contributed by atoms with E-state index in [1.54, 1.807) is 6.26 Å². The Hall–Kier alpha value is -1.09. The number of hydrogen-bond acceptors (Lipinski definition) is 3. The molecule has 0 spiro atoms. The highest BCUT2D eigenvalue weighted by Crippen LogP contribution is 2.31. The van der Waals surface area contributed by atoms with Crippen molar-refractivity contribution in [2.45, 2.75) is 50.5 Å². The Kier molecular flexibility index (Phi) is 4.00. The van der Waals surface area contributed by atoms with Gasteiger partial charge in [0.25, 0.3) is 0 Å². The van der Waals surface area contributed by atoms with Gasteiger partial charge in [0.2, 0.25) is 0 Å². The number of ketones is 1. The summed E-state index contributed by atoms with van der Waals surface area (Å²) in [6.45, 7) is 0. The van der Waals surface area contributed by atoms with Crippen molar-refractivity contribution < 1.29 is 9.21 Å². The van der Waals surface area contributed by atoms with Gasteiger partial charge in [-0.15, -0.1) is 0 Å². The van der Waals surface area contributed by atoms with Gasteiger partial charge in [0.15, 0.2) is 0 Å². The van der Waals surface area contributed by atoms with Gasteiger partial charge in [-0.25, -0.2) is 0 Å². The number of Topliss-reactive ketones (excluding diaryl/α,β-unsaturated/α-hetero) is 1. The third-order valence-electron chi connectivity index (χ3n) is 3.83. The second-order valence-corrected chi connectivity index (χ2v) is 5.06. The van der Waals surface area contributed by atoms with Crippen LogP contribution in [0.4, 0.5) is 0 Å². The highest BCUT2D eigenvalue weighted by atomic mass is 16.3. The van der Waals surface area contributed by atoms with Crippen LogP contribution in [-0.2, 0) is 11.2 Å². The predicted molar refractivity (Wildman–Crippen MR) is 66.9 cm³/mol. The third-order valence-corrected chi connectivity index (χ3v) is 3.83. The van der Waals surface area contributed by atoms with Gasteiger partial charge < -0.3 is 9.73 Å². The van der Waals surface area contributed by atoms with Crippen molar-refractivity contribution in [2.75, 3.05) is 7.05 Å². The van der Waals surface area contributed by atoms with Crippen molar-refractivity contribution in [2.24, 2.45) is 0 Å². The van der Waals surface area contributed by atoms with Crippen LogP contribution in [0.1, 0.15) is 44.3 Å². The Bertz CT molecular complexity index is 350. The first-order valence-corrected chi connectivity index (χ1v) is 6.47. The lowest BCUT2D eigenvalue weighted by Crippen LogP contribution is -2.46. The standard InChI is InChI=1S/C14H21NO2/c1-15-14(7-3-2-4-8-14)11-12(16)10-13-6-5-9-17-13/h5-6,9,15H,2-4,7-8,10-11H2,1H3. The summed E-state index contributed by atoms with van der Waals surface area (Å²) in [5, 5.41) is 3.38. The second kappa shape index (κ2) is 5.50. The lowest BCUT2D eigenvalue weighted by Gasteiger charge is -2.36. The molecule has 0 unspecified atom stereocenters. The van der Waals surface area contributed by atoms with Gasteiger partial charge in [0.1, 0.15) is 11.5 Å². The van der Waals surface area contributed by atoms with Crippen molar-refractivity contribution in [1.29, 1.82) is 0 Å². The minimum atomic E-state index is 0.0436. The van der Waals surface area contributed by atoms with Crippen molar-refractivity contribution in [3.8, 4) is 0 Å². The van der Waals surface area contributed by atoms with Gasteiger partial charge in [0, 0.05) is 12.0 Å². The lowest BCUT2D eigenvalue weighted by molar-refractivity contribution is -0.120. The van der Waals surface area contributed by atoms with E-state index >= 15 is 0 Å². The van der Waals surface area contributed by atoms with Crippen molar-refractivity contribution in [3.63, 3.8) is 0 Å². The highest BCUT2D eigenvalue weighted by Gasteiger charge is 2.32. The number of furan rings is 1. The Morgan fingerprint density at radius 2 is 2.18 bits per heavy atom. The summed E-state index contributed by atoms with van der Waals surface area (Å²) < 4.78 is 5.22. The van der Waals surface area contributed by atoms with Crippen LogP contribution in [0.15, 0.2) is 22.8 Å². The smallest absolute Gasteiger partial charge is 0.142 e. The largest absolute Gasteiger partial charge is 0.469 e. The van der Waals surface area contributed by atoms with E-state index in [1.165, 1.54) is 19.3 Å². The molecule has 2 rings (SSSR count). The molecule has 1 fully saturated rings. The zero-order chi connectivity index (χ0) is 12.1. The van der Waals surface area contributed by atoms with Crippen molar-refractivity contribution >= 4 is 5.78 Å². The minimum absolute atomic E-state index is 0.0436. The maximum atomic E-state index is 12.0. The Labute approximate surface area is 103 Å². The van der Waals surface area contributed by atoms with Crippen LogP contribution in [-0.4, -0.2) is 18.4 Å². The number of carbonyl (C=O) groups is 1. The SMILES string of the molecule is CNC1(CC(=O)Cc2ccco2)CCCCC1. The quantitative estimate of drug-likeness (QED) is 0.853. The number of hydrogen-bond donors (Lipinski definition) is 1. The topological polar surface area (TPSA) is 42.2 Å². The summed E-state index contributed by atoms with van der Waals surface area (Å²) >= 11 is 0. The van der Waals surface area contributed by atoms with Crippen LogP contribution in [0, 0.1) is 0 Å². The second-order valence-electron chi connectivity index (χ2n) is 5.06. The van der Waals surface area contributed by atoms with Crippen molar-refractivity contribution in [3.05, 3.63) is 24.2 Å². The number of rotatable bonds is 5. The van der Waals surface area contributed by atoms with Gasteiger partial charge in [0.05, 0.1) is 12.7 Å². The zero-order valence-electron chi connectivity index (χ0n) is 10.5. The average Bonchev–Trinajstić information content (AvgIpc) is 2.83. The van der Waals surface area contributed by atoms with E-state index in [-0.39, 0.29) is 11.3 Å². The maximum Gasteiger partial charge on any atom is 0.142 e. The zero-order valence-corrected chi connectivity index (χ0v) is 10.5. The Balaban J connectivity index is 1.91. The van der Waals surface area contributed by atoms with E-state index in [9.17, 15) is 4.79 Å². The van der Waals surface area contributed by atoms with E-state index in [2.05, 4.69) is 5.32 Å². The molecule has 1 heterocycles. The Morgan fingerprint density at radius 3 is 2.76 bits per heavy atom. The summed E-state index contributed by atoms with van der Waals surface area (Å²) in [6.07, 6.45) is 8.68. The van der Waals surface area contributed by atoms with Crippen LogP contribution in [0.5, 0.6) is 0 Å². The van der Waals surface area contributed by atoms with E-state index in [0.717, 1.165) is 18.6 Å². The summed E-state index contributed by atoms with van der Waals surface area (Å²) in [7, 11) is 1.98. The van der Waals surface area contributed by atoms with E-state index in [4.69, 9.17) is 4.42 Å². The first-order valence-electron chi connectivity index (χ1n) is 6.47. The fourth-order valence-corrected chi connectivity index (χ4v) is 2.79. The van der Waals surface area contributed by atoms with Gasteiger partial charge in [-0.1, -0.05) is 19.3 Å². The molecule has 1 aliphatic carbocycles. The average molecular weight is 235 g/mol. The Morgan fingerprint density at radius 1 is 1.41 bits per heavy atom. The maximum absolute atomic E-state index is 12.0. The van der Waals surface area contributed by atoms with Crippen LogP contribution >= 0.6 is 0 Å². The molecule has 0 radical (unpaired) electrons. The summed E-state index contributed by atoms with van der Waals surface area (Å²) in [5.41, 5.74) is 0.0436. The van der Waals surface area contributed by atoms with E-state index in [0.29, 0.717) is 12.8 Å². The van der Waals surface area contributed by atoms with Gasteiger partial charge >= 0.3 is 0 Å². The molecule has 1 saturated carbocycles. The van der Waals surface area contributed by atoms with Crippen molar-refractivity contribution in [1.82, 2.24) is 5.32 Å². The monoisotopic (exact) mass is 235 g/mol. The first-order chi connectivity index (χ1) is 8.24. The number of carbonyl (C=O) groups excluding carboxylic acids is 1. The molecule has 94 valence electrons. The van der Waals surface area contributed by atoms with Gasteiger partial charge in [-0.05, 0) is 32.0 Å². The van der Waals surface area contributed by atoms with E-state index < -0.39 is 0 Å². The number of nitrogens with one attached hydrogen (secondary N) is 1. The van der Waals surface area contributed by atoms with Crippen LogP contribution in [0.25, 0.3) is 0 Å². The molecule has 0 aliphatic heterocycles. The minimum Gasteiger partial charge on any atom is -0.469 e. The fourth-order valence-electron chi connectivity index (χ4n) is 2.79. The first kappa shape index (κ1) is 12.4. The molecule has 0 amide bonds. The molecule has 0 aromatic carbocycles. The fraction of sp³-hybridized carbons (Fsp3) is 0.643. The summed E-state index contributed by atoms with van der Waals surface area (Å²) in [4.78, 5) is 12.0. The molecule has 1 aromatic rings. The lowest BCUT2D eigenvalue weighted by atomic mass is 9.78. The molecule has 3 nitrogen and oxygen atoms in total. The molecule has 1 aliphatic rings. The highest BCUT2D eigenvalue weighted by molar-refractivity contribution is 5.81. The molecule has 1 N–H and O–H groups in total. The molecule has 1 aromatic heterocycles. The third kappa shape index (κ3) is 3.19. The van der Waals surface area contributed by atoms with Gasteiger partial charge in [-0.2, -0.15) is 0 Å². The van der Waals surface area contributed by atoms with Crippen LogP contribution in [0.3, 0.4) is 0 Å². The molecule has 3 heteroatoms. The van der Waals surface area contributed by atoms with Crippen LogP contribution in [0.2, 0.25) is 0 Å². The predicted octanol–water partition coefficient (Wildman–Crippen LogP) is 2.70. The van der Waals surface area contributed by atoms with Gasteiger partial charge in [-0.3, -0.25) is 4.79 Å².